The zero-order valence-electron chi connectivity index (χ0n) is 17.2. The number of alkyl halides is 3. The van der Waals surface area contributed by atoms with Gasteiger partial charge in [0.15, 0.2) is 0 Å². The van der Waals surface area contributed by atoms with Crippen LogP contribution in [0.4, 0.5) is 13.2 Å². The van der Waals surface area contributed by atoms with Gasteiger partial charge in [-0.1, -0.05) is 12.6 Å². The topological polar surface area (TPSA) is 78.1 Å². The van der Waals surface area contributed by atoms with Crippen LogP contribution >= 0.6 is 0 Å². The molecule has 0 amide bonds. The number of hydrogen-bond acceptors (Lipinski definition) is 6. The third-order valence-corrected chi connectivity index (χ3v) is 4.42. The molecule has 6 nitrogen and oxygen atoms in total. The fraction of sp³-hybridized carbons (Fsp3) is 0.261. The second-order valence-electron chi connectivity index (χ2n) is 6.99. The minimum atomic E-state index is -4.88. The van der Waals surface area contributed by atoms with Gasteiger partial charge in [-0.2, -0.15) is 0 Å². The van der Waals surface area contributed by atoms with E-state index in [2.05, 4.69) is 11.3 Å². The summed E-state index contributed by atoms with van der Waals surface area (Å²) in [6.07, 6.45) is -4.06. The van der Waals surface area contributed by atoms with E-state index in [0.717, 1.165) is 0 Å². The molecule has 1 N–H and O–H groups in total. The Morgan fingerprint density at radius 1 is 1.16 bits per heavy atom. The van der Waals surface area contributed by atoms with Crippen LogP contribution in [0.5, 0.6) is 11.5 Å². The van der Waals surface area contributed by atoms with Crippen LogP contribution in [-0.2, 0) is 16.0 Å². The van der Waals surface area contributed by atoms with E-state index in [4.69, 9.17) is 19.0 Å². The molecule has 0 saturated heterocycles. The molecule has 1 heterocycles. The number of rotatable bonds is 9. The van der Waals surface area contributed by atoms with Crippen molar-refractivity contribution in [1.29, 1.82) is 0 Å². The molecule has 0 saturated carbocycles. The van der Waals surface area contributed by atoms with Crippen LogP contribution in [-0.4, -0.2) is 30.8 Å². The van der Waals surface area contributed by atoms with Crippen LogP contribution in [0.2, 0.25) is 0 Å². The Hall–Kier alpha value is -3.46. The average molecular weight is 450 g/mol. The van der Waals surface area contributed by atoms with Gasteiger partial charge in [0.1, 0.15) is 22.8 Å². The molecule has 3 aromatic rings. The number of aryl methyl sites for hydroxylation is 1. The van der Waals surface area contributed by atoms with Crippen molar-refractivity contribution in [3.8, 4) is 22.8 Å². The summed E-state index contributed by atoms with van der Waals surface area (Å²) < 4.78 is 59.0. The third-order valence-electron chi connectivity index (χ3n) is 4.42. The Balaban J connectivity index is 1.86. The van der Waals surface area contributed by atoms with E-state index in [0.29, 0.717) is 35.1 Å². The molecule has 32 heavy (non-hydrogen) atoms. The van der Waals surface area contributed by atoms with Crippen molar-refractivity contribution >= 4 is 16.9 Å². The molecule has 0 radical (unpaired) electrons. The largest absolute Gasteiger partial charge is 0.573 e. The van der Waals surface area contributed by atoms with Gasteiger partial charge in [-0.05, 0) is 55.7 Å². The fourth-order valence-corrected chi connectivity index (χ4v) is 2.93. The normalized spacial score (nSPS) is 11.4. The lowest BCUT2D eigenvalue weighted by atomic mass is 10.0. The Morgan fingerprint density at radius 2 is 1.94 bits per heavy atom. The quantitative estimate of drug-likeness (QED) is 0.268. The molecule has 0 aliphatic heterocycles. The van der Waals surface area contributed by atoms with E-state index in [1.54, 1.807) is 24.3 Å². The van der Waals surface area contributed by atoms with Crippen molar-refractivity contribution in [2.75, 3.05) is 13.4 Å². The molecule has 1 aromatic heterocycles. The van der Waals surface area contributed by atoms with Crippen LogP contribution in [0.15, 0.2) is 59.0 Å². The molecule has 9 heteroatoms. The minimum absolute atomic E-state index is 0.0718. The Labute approximate surface area is 181 Å². The van der Waals surface area contributed by atoms with Gasteiger partial charge in [-0.25, -0.2) is 4.79 Å². The molecule has 0 bridgehead atoms. The number of benzene rings is 2. The van der Waals surface area contributed by atoms with Gasteiger partial charge < -0.3 is 23.7 Å². The number of esters is 1. The summed E-state index contributed by atoms with van der Waals surface area (Å²) in [5.41, 5.74) is 1.33. The van der Waals surface area contributed by atoms with Gasteiger partial charge in [-0.3, -0.25) is 0 Å². The zero-order valence-corrected chi connectivity index (χ0v) is 17.2. The summed E-state index contributed by atoms with van der Waals surface area (Å²) in [6.45, 7) is 4.57. The van der Waals surface area contributed by atoms with Gasteiger partial charge in [-0.15, -0.1) is 13.2 Å². The van der Waals surface area contributed by atoms with E-state index in [-0.39, 0.29) is 30.3 Å². The highest BCUT2D eigenvalue weighted by atomic mass is 19.4. The van der Waals surface area contributed by atoms with Crippen molar-refractivity contribution in [1.82, 2.24) is 0 Å². The molecular formula is C23H21F3O6. The molecule has 0 atom stereocenters. The highest BCUT2D eigenvalue weighted by molar-refractivity contribution is 5.87. The zero-order chi connectivity index (χ0) is 23.3. The van der Waals surface area contributed by atoms with Crippen molar-refractivity contribution < 1.29 is 41.7 Å². The van der Waals surface area contributed by atoms with E-state index in [1.807, 2.05) is 0 Å². The molecule has 2 aromatic carbocycles. The van der Waals surface area contributed by atoms with E-state index in [9.17, 15) is 18.0 Å². The van der Waals surface area contributed by atoms with Crippen LogP contribution in [0.25, 0.3) is 22.3 Å². The number of aliphatic hydroxyl groups excluding tert-OH is 1. The number of halogens is 3. The maximum absolute atomic E-state index is 13.0. The van der Waals surface area contributed by atoms with Gasteiger partial charge in [0, 0.05) is 23.6 Å². The molecule has 0 aliphatic rings. The molecular weight excluding hydrogens is 429 g/mol. The van der Waals surface area contributed by atoms with Gasteiger partial charge in [0.2, 0.25) is 6.79 Å². The first-order valence-electron chi connectivity index (χ1n) is 9.65. The summed E-state index contributed by atoms with van der Waals surface area (Å²) in [5, 5.41) is 9.59. The van der Waals surface area contributed by atoms with E-state index < -0.39 is 18.1 Å². The van der Waals surface area contributed by atoms with Crippen LogP contribution in [0, 0.1) is 0 Å². The number of carbonyl (C=O) groups excluding carboxylic acids is 1. The maximum atomic E-state index is 13.0. The lowest BCUT2D eigenvalue weighted by molar-refractivity contribution is -0.274. The Bertz CT molecular complexity index is 1120. The first kappa shape index (κ1) is 23.2. The predicted molar refractivity (Wildman–Crippen MR) is 110 cm³/mol. The number of hydrogen-bond donors (Lipinski definition) is 1. The van der Waals surface area contributed by atoms with Crippen molar-refractivity contribution in [2.24, 2.45) is 0 Å². The highest BCUT2D eigenvalue weighted by Crippen LogP contribution is 2.38. The summed E-state index contributed by atoms with van der Waals surface area (Å²) in [5.74, 6) is -0.459. The molecule has 0 fully saturated rings. The molecule has 0 aliphatic carbocycles. The second kappa shape index (κ2) is 9.78. The van der Waals surface area contributed by atoms with Crippen molar-refractivity contribution in [2.45, 2.75) is 26.1 Å². The standard InChI is InChI=1S/C23H21F3O6/c1-14(2)22(28)30-13-29-17-7-6-16-11-20(31-19(16)12-17)18-8-5-15(4-3-9-27)10-21(18)32-23(24,25)26/h5-8,10-12,27H,1,3-4,9,13H2,2H3. The smallest absolute Gasteiger partial charge is 0.457 e. The number of furan rings is 1. The van der Waals surface area contributed by atoms with Gasteiger partial charge in [0.25, 0.3) is 0 Å². The summed E-state index contributed by atoms with van der Waals surface area (Å²) >= 11 is 0. The molecule has 3 rings (SSSR count). The second-order valence-corrected chi connectivity index (χ2v) is 6.99. The SMILES string of the molecule is C=C(C)C(=O)OCOc1ccc2cc(-c3ccc(CCCO)cc3OC(F)(F)F)oc2c1. The minimum Gasteiger partial charge on any atom is -0.457 e. The number of ether oxygens (including phenoxy) is 3. The highest BCUT2D eigenvalue weighted by Gasteiger charge is 2.32. The fourth-order valence-electron chi connectivity index (χ4n) is 2.93. The van der Waals surface area contributed by atoms with Gasteiger partial charge in [0.05, 0.1) is 5.56 Å². The molecule has 0 spiro atoms. The summed E-state index contributed by atoms with van der Waals surface area (Å²) in [7, 11) is 0. The monoisotopic (exact) mass is 450 g/mol. The Morgan fingerprint density at radius 3 is 2.62 bits per heavy atom. The number of aliphatic hydroxyl groups is 1. The maximum Gasteiger partial charge on any atom is 0.573 e. The van der Waals surface area contributed by atoms with Gasteiger partial charge >= 0.3 is 12.3 Å². The van der Waals surface area contributed by atoms with Crippen LogP contribution in [0.1, 0.15) is 18.9 Å². The predicted octanol–water partition coefficient (Wildman–Crippen LogP) is 5.38. The lowest BCUT2D eigenvalue weighted by Gasteiger charge is -2.13. The van der Waals surface area contributed by atoms with Crippen LogP contribution in [0.3, 0.4) is 0 Å². The molecule has 170 valence electrons. The first-order chi connectivity index (χ1) is 15.2. The lowest BCUT2D eigenvalue weighted by Crippen LogP contribution is -2.17. The van der Waals surface area contributed by atoms with E-state index in [1.165, 1.54) is 25.1 Å². The summed E-state index contributed by atoms with van der Waals surface area (Å²) in [4.78, 5) is 11.4. The van der Waals surface area contributed by atoms with E-state index >= 15 is 0 Å². The van der Waals surface area contributed by atoms with Crippen molar-refractivity contribution in [3.05, 3.63) is 60.2 Å². The summed E-state index contributed by atoms with van der Waals surface area (Å²) in [6, 6.07) is 10.8. The van der Waals surface area contributed by atoms with Crippen molar-refractivity contribution in [3.63, 3.8) is 0 Å². The average Bonchev–Trinajstić information content (AvgIpc) is 3.14. The Kier molecular flexibility index (Phi) is 7.09. The molecule has 0 unspecified atom stereocenters. The first-order valence-corrected chi connectivity index (χ1v) is 9.65. The number of fused-ring (bicyclic) bond motifs is 1. The number of carbonyl (C=O) groups is 1. The third kappa shape index (κ3) is 6.04. The van der Waals surface area contributed by atoms with Crippen LogP contribution < -0.4 is 9.47 Å².